The highest BCUT2D eigenvalue weighted by molar-refractivity contribution is 5.95. The zero-order chi connectivity index (χ0) is 22.5. The van der Waals surface area contributed by atoms with Gasteiger partial charge < -0.3 is 15.8 Å². The number of nitrogen functional groups attached to an aromatic ring is 1. The number of hydrogen-bond acceptors (Lipinski definition) is 5. The molecule has 7 heteroatoms. The number of pyridine rings is 2. The Morgan fingerprint density at radius 3 is 2.69 bits per heavy atom. The lowest BCUT2D eigenvalue weighted by atomic mass is 10.1. The molecule has 1 amide bonds. The Kier molecular flexibility index (Phi) is 6.17. The fourth-order valence-corrected chi connectivity index (χ4v) is 3.48. The van der Waals surface area contributed by atoms with Crippen LogP contribution in [-0.2, 0) is 4.79 Å². The number of ether oxygens (including phenoxy) is 1. The highest BCUT2D eigenvalue weighted by Crippen LogP contribution is 2.25. The predicted octanol–water partition coefficient (Wildman–Crippen LogP) is 4.15. The van der Waals surface area contributed by atoms with E-state index in [0.29, 0.717) is 23.7 Å². The fourth-order valence-electron chi connectivity index (χ4n) is 3.48. The molecular formula is C25H24N4O3. The van der Waals surface area contributed by atoms with E-state index >= 15 is 0 Å². The zero-order valence-electron chi connectivity index (χ0n) is 17.7. The molecule has 0 aliphatic rings. The van der Waals surface area contributed by atoms with Gasteiger partial charge in [-0.1, -0.05) is 25.5 Å². The summed E-state index contributed by atoms with van der Waals surface area (Å²) in [7, 11) is 0. The maximum atomic E-state index is 12.9. The van der Waals surface area contributed by atoms with Gasteiger partial charge in [0.15, 0.2) is 6.10 Å². The van der Waals surface area contributed by atoms with E-state index in [1.165, 1.54) is 10.6 Å². The predicted molar refractivity (Wildman–Crippen MR) is 126 cm³/mol. The van der Waals surface area contributed by atoms with Crippen LogP contribution in [0.4, 0.5) is 11.5 Å². The first kappa shape index (κ1) is 21.1. The first-order chi connectivity index (χ1) is 15.5. The van der Waals surface area contributed by atoms with Crippen molar-refractivity contribution in [3.8, 4) is 11.4 Å². The Labute approximate surface area is 185 Å². The van der Waals surface area contributed by atoms with Crippen LogP contribution in [0.1, 0.15) is 19.8 Å². The highest BCUT2D eigenvalue weighted by Gasteiger charge is 2.20. The van der Waals surface area contributed by atoms with Crippen LogP contribution < -0.4 is 21.3 Å². The average Bonchev–Trinajstić information content (AvgIpc) is 2.80. The monoisotopic (exact) mass is 428 g/mol. The highest BCUT2D eigenvalue weighted by atomic mass is 16.5. The number of benzene rings is 2. The van der Waals surface area contributed by atoms with Gasteiger partial charge in [0.25, 0.3) is 11.5 Å². The normalized spacial score (nSPS) is 11.8. The molecule has 1 unspecified atom stereocenters. The molecule has 3 N–H and O–H groups in total. The number of nitrogens with one attached hydrogen (secondary N) is 1. The van der Waals surface area contributed by atoms with Crippen molar-refractivity contribution in [1.82, 2.24) is 9.55 Å². The second-order valence-corrected chi connectivity index (χ2v) is 7.42. The topological polar surface area (TPSA) is 99.2 Å². The van der Waals surface area contributed by atoms with Crippen molar-refractivity contribution in [3.05, 3.63) is 89.5 Å². The fraction of sp³-hybridized carbons (Fsp3) is 0.160. The van der Waals surface area contributed by atoms with Crippen LogP contribution in [0.25, 0.3) is 16.5 Å². The van der Waals surface area contributed by atoms with Crippen LogP contribution >= 0.6 is 0 Å². The third-order valence-corrected chi connectivity index (χ3v) is 5.13. The summed E-state index contributed by atoms with van der Waals surface area (Å²) < 4.78 is 7.56. The third-order valence-electron chi connectivity index (χ3n) is 5.13. The van der Waals surface area contributed by atoms with Gasteiger partial charge in [0.1, 0.15) is 11.6 Å². The van der Waals surface area contributed by atoms with E-state index in [2.05, 4.69) is 10.3 Å². The van der Waals surface area contributed by atoms with Crippen molar-refractivity contribution in [2.45, 2.75) is 25.9 Å². The minimum absolute atomic E-state index is 0.119. The van der Waals surface area contributed by atoms with Crippen LogP contribution in [0, 0.1) is 0 Å². The van der Waals surface area contributed by atoms with Gasteiger partial charge in [-0.05, 0) is 60.3 Å². The molecule has 0 saturated heterocycles. The van der Waals surface area contributed by atoms with Crippen molar-refractivity contribution >= 4 is 28.2 Å². The molecule has 7 nitrogen and oxygen atoms in total. The quantitative estimate of drug-likeness (QED) is 0.461. The summed E-state index contributed by atoms with van der Waals surface area (Å²) >= 11 is 0. The molecule has 2 aromatic heterocycles. The minimum Gasteiger partial charge on any atom is -0.481 e. The number of amides is 1. The van der Waals surface area contributed by atoms with E-state index in [0.717, 1.165) is 22.9 Å². The minimum atomic E-state index is -0.660. The van der Waals surface area contributed by atoms with Gasteiger partial charge in [-0.15, -0.1) is 0 Å². The van der Waals surface area contributed by atoms with Crippen LogP contribution in [0.5, 0.6) is 5.75 Å². The molecule has 0 spiro atoms. The van der Waals surface area contributed by atoms with Crippen LogP contribution in [0.3, 0.4) is 0 Å². The van der Waals surface area contributed by atoms with Crippen LogP contribution in [0.15, 0.2) is 83.9 Å². The van der Waals surface area contributed by atoms with E-state index in [4.69, 9.17) is 10.5 Å². The van der Waals surface area contributed by atoms with E-state index in [9.17, 15) is 9.59 Å². The molecule has 2 heterocycles. The van der Waals surface area contributed by atoms with Gasteiger partial charge in [-0.3, -0.25) is 14.2 Å². The van der Waals surface area contributed by atoms with Gasteiger partial charge in [-0.2, -0.15) is 0 Å². The van der Waals surface area contributed by atoms with E-state index in [1.54, 1.807) is 54.9 Å². The number of carbonyl (C=O) groups is 1. The van der Waals surface area contributed by atoms with Crippen molar-refractivity contribution in [3.63, 3.8) is 0 Å². The van der Waals surface area contributed by atoms with Gasteiger partial charge >= 0.3 is 0 Å². The molecular weight excluding hydrogens is 404 g/mol. The van der Waals surface area contributed by atoms with Crippen molar-refractivity contribution in [1.29, 1.82) is 0 Å². The molecule has 0 bridgehead atoms. The van der Waals surface area contributed by atoms with Gasteiger partial charge in [0, 0.05) is 35.2 Å². The molecule has 0 aliphatic carbocycles. The van der Waals surface area contributed by atoms with Gasteiger partial charge in [0.05, 0.1) is 0 Å². The first-order valence-corrected chi connectivity index (χ1v) is 10.4. The molecule has 4 aromatic rings. The average molecular weight is 428 g/mol. The van der Waals surface area contributed by atoms with Gasteiger partial charge in [-0.25, -0.2) is 4.98 Å². The standard InChI is InChI=1S/C25H24N4O3/c1-2-5-22(32-20-12-7-17-13-14-27-24(26)21(17)16-20)25(31)28-18-8-10-19(11-9-18)29-15-4-3-6-23(29)30/h3-4,6-16,22H,2,5H2,1H3,(H2,26,27)(H,28,31). The Balaban J connectivity index is 1.49. The Hall–Kier alpha value is -4.13. The number of anilines is 2. The number of rotatable bonds is 7. The molecule has 2 aromatic carbocycles. The summed E-state index contributed by atoms with van der Waals surface area (Å²) in [4.78, 5) is 29.0. The van der Waals surface area contributed by atoms with E-state index in [1.807, 2.05) is 25.1 Å². The molecule has 0 radical (unpaired) electrons. The van der Waals surface area contributed by atoms with Crippen LogP contribution in [-0.4, -0.2) is 21.6 Å². The summed E-state index contributed by atoms with van der Waals surface area (Å²) in [5, 5.41) is 4.64. The summed E-state index contributed by atoms with van der Waals surface area (Å²) in [5.41, 5.74) is 7.20. The van der Waals surface area contributed by atoms with Crippen LogP contribution in [0.2, 0.25) is 0 Å². The Morgan fingerprint density at radius 1 is 1.12 bits per heavy atom. The number of nitrogens with zero attached hydrogens (tertiary/aromatic N) is 2. The number of fused-ring (bicyclic) bond motifs is 1. The largest absolute Gasteiger partial charge is 0.481 e. The SMILES string of the molecule is CCCC(Oc1ccc2ccnc(N)c2c1)C(=O)Nc1ccc(-n2ccccc2=O)cc1. The first-order valence-electron chi connectivity index (χ1n) is 10.4. The second-order valence-electron chi connectivity index (χ2n) is 7.42. The second kappa shape index (κ2) is 9.34. The third kappa shape index (κ3) is 4.62. The number of carbonyl (C=O) groups excluding carboxylic acids is 1. The summed E-state index contributed by atoms with van der Waals surface area (Å²) in [6, 6.07) is 19.5. The van der Waals surface area contributed by atoms with Gasteiger partial charge in [0.2, 0.25) is 0 Å². The van der Waals surface area contributed by atoms with Crippen molar-refractivity contribution in [2.24, 2.45) is 0 Å². The lowest BCUT2D eigenvalue weighted by molar-refractivity contribution is -0.123. The lowest BCUT2D eigenvalue weighted by Gasteiger charge is -2.19. The zero-order valence-corrected chi connectivity index (χ0v) is 17.7. The summed E-state index contributed by atoms with van der Waals surface area (Å²) in [5.74, 6) is 0.738. The molecule has 0 aliphatic heterocycles. The van der Waals surface area contributed by atoms with E-state index < -0.39 is 6.10 Å². The molecule has 0 fully saturated rings. The molecule has 0 saturated carbocycles. The maximum absolute atomic E-state index is 12.9. The summed E-state index contributed by atoms with van der Waals surface area (Å²) in [6.45, 7) is 2.00. The smallest absolute Gasteiger partial charge is 0.265 e. The van der Waals surface area contributed by atoms with Crippen molar-refractivity contribution in [2.75, 3.05) is 11.1 Å². The van der Waals surface area contributed by atoms with Crippen molar-refractivity contribution < 1.29 is 9.53 Å². The summed E-state index contributed by atoms with van der Waals surface area (Å²) in [6.07, 6.45) is 4.04. The number of aromatic nitrogens is 2. The Morgan fingerprint density at radius 2 is 1.94 bits per heavy atom. The maximum Gasteiger partial charge on any atom is 0.265 e. The lowest BCUT2D eigenvalue weighted by Crippen LogP contribution is -2.33. The molecule has 162 valence electrons. The molecule has 4 rings (SSSR count). The molecule has 32 heavy (non-hydrogen) atoms. The molecule has 1 atom stereocenters. The van der Waals surface area contributed by atoms with E-state index in [-0.39, 0.29) is 11.5 Å². The number of nitrogens with two attached hydrogens (primary N) is 1. The Bertz CT molecular complexity index is 1300. The number of hydrogen-bond donors (Lipinski definition) is 2.